The number of nitro benzene ring substituents is 1. The number of carbonyl (C=O) groups is 1. The Hall–Kier alpha value is -3.79. The van der Waals surface area contributed by atoms with Gasteiger partial charge in [-0.15, -0.1) is 0 Å². The number of nitro groups is 1. The maximum Gasteiger partial charge on any atom is 0.271 e. The molecule has 1 N–H and O–H groups in total. The summed E-state index contributed by atoms with van der Waals surface area (Å²) in [6.45, 7) is 2.40. The van der Waals surface area contributed by atoms with Crippen LogP contribution in [-0.2, 0) is 6.61 Å². The van der Waals surface area contributed by atoms with Gasteiger partial charge in [0.1, 0.15) is 12.4 Å². The number of hydrogen-bond acceptors (Lipinski definition) is 6. The lowest BCUT2D eigenvalue weighted by molar-refractivity contribution is -0.384. The number of hydrogen-bond donors (Lipinski definition) is 1. The Bertz CT molecular complexity index is 1170. The molecule has 0 aliphatic rings. The molecule has 3 rings (SSSR count). The van der Waals surface area contributed by atoms with Gasteiger partial charge in [0.2, 0.25) is 0 Å². The Morgan fingerprint density at radius 3 is 2.48 bits per heavy atom. The van der Waals surface area contributed by atoms with Gasteiger partial charge in [0, 0.05) is 17.7 Å². The number of carbonyl (C=O) groups excluding carboxylic acids is 1. The van der Waals surface area contributed by atoms with E-state index in [1.165, 1.54) is 42.6 Å². The van der Waals surface area contributed by atoms with E-state index < -0.39 is 16.6 Å². The predicted molar refractivity (Wildman–Crippen MR) is 124 cm³/mol. The first-order valence-electron chi connectivity index (χ1n) is 9.79. The van der Waals surface area contributed by atoms with Gasteiger partial charge in [-0.25, -0.2) is 9.82 Å². The van der Waals surface area contributed by atoms with E-state index in [-0.39, 0.29) is 17.9 Å². The molecule has 0 atom stereocenters. The fourth-order valence-corrected chi connectivity index (χ4v) is 3.34. The summed E-state index contributed by atoms with van der Waals surface area (Å²) in [5.74, 6) is 0.0143. The third-order valence-corrected chi connectivity index (χ3v) is 4.94. The Morgan fingerprint density at radius 2 is 1.85 bits per heavy atom. The number of ether oxygens (including phenoxy) is 2. The lowest BCUT2D eigenvalue weighted by atomic mass is 10.2. The van der Waals surface area contributed by atoms with Crippen molar-refractivity contribution < 1.29 is 23.6 Å². The molecule has 0 aliphatic heterocycles. The fraction of sp³-hybridized carbons (Fsp3) is 0.130. The highest BCUT2D eigenvalue weighted by Gasteiger charge is 2.13. The molecule has 0 radical (unpaired) electrons. The summed E-state index contributed by atoms with van der Waals surface area (Å²) >= 11 is 3.46. The molecule has 8 nitrogen and oxygen atoms in total. The van der Waals surface area contributed by atoms with E-state index in [0.29, 0.717) is 28.1 Å². The number of benzene rings is 3. The van der Waals surface area contributed by atoms with E-state index in [1.807, 2.05) is 6.92 Å². The van der Waals surface area contributed by atoms with Crippen LogP contribution in [0.4, 0.5) is 10.1 Å². The minimum atomic E-state index is -0.474. The molecular weight excluding hydrogens is 497 g/mol. The van der Waals surface area contributed by atoms with Gasteiger partial charge in [0.15, 0.2) is 11.5 Å². The normalized spacial score (nSPS) is 10.8. The van der Waals surface area contributed by atoms with Crippen LogP contribution >= 0.6 is 15.9 Å². The zero-order valence-corrected chi connectivity index (χ0v) is 19.0. The highest BCUT2D eigenvalue weighted by atomic mass is 79.9. The summed E-state index contributed by atoms with van der Waals surface area (Å²) in [5, 5.41) is 14.7. The zero-order chi connectivity index (χ0) is 23.8. The Kier molecular flexibility index (Phi) is 8.09. The van der Waals surface area contributed by atoms with Crippen LogP contribution in [0, 0.1) is 15.9 Å². The lowest BCUT2D eigenvalue weighted by Crippen LogP contribution is -2.17. The third-order valence-electron chi connectivity index (χ3n) is 4.35. The molecule has 0 aromatic heterocycles. The third kappa shape index (κ3) is 6.59. The van der Waals surface area contributed by atoms with Gasteiger partial charge < -0.3 is 9.47 Å². The standard InChI is InChI=1S/C23H19BrFN3O5/c1-2-32-21-12-16(13-26-27-23(29)17-5-7-18(25)8-6-17)11-20(24)22(21)33-14-15-3-9-19(10-4-15)28(30)31/h3-13H,2,14H2,1H3,(H,27,29)/b26-13-. The van der Waals surface area contributed by atoms with Crippen molar-refractivity contribution in [3.63, 3.8) is 0 Å². The second-order valence-corrected chi connectivity index (χ2v) is 7.54. The highest BCUT2D eigenvalue weighted by molar-refractivity contribution is 9.10. The van der Waals surface area contributed by atoms with Crippen LogP contribution in [0.15, 0.2) is 70.2 Å². The summed E-state index contributed by atoms with van der Waals surface area (Å²) in [6.07, 6.45) is 1.44. The van der Waals surface area contributed by atoms with Crippen molar-refractivity contribution in [2.45, 2.75) is 13.5 Å². The molecule has 0 saturated carbocycles. The molecule has 0 bridgehead atoms. The topological polar surface area (TPSA) is 103 Å². The first-order chi connectivity index (χ1) is 15.9. The number of non-ortho nitro benzene ring substituents is 1. The molecule has 0 saturated heterocycles. The molecule has 10 heteroatoms. The largest absolute Gasteiger partial charge is 0.490 e. The number of amides is 1. The molecular formula is C23H19BrFN3O5. The molecule has 0 spiro atoms. The van der Waals surface area contributed by atoms with E-state index in [4.69, 9.17) is 9.47 Å². The molecule has 0 unspecified atom stereocenters. The van der Waals surface area contributed by atoms with Crippen molar-refractivity contribution in [3.05, 3.63) is 97.8 Å². The smallest absolute Gasteiger partial charge is 0.271 e. The number of halogens is 2. The Morgan fingerprint density at radius 1 is 1.15 bits per heavy atom. The van der Waals surface area contributed by atoms with Gasteiger partial charge in [-0.3, -0.25) is 14.9 Å². The van der Waals surface area contributed by atoms with Crippen LogP contribution in [0.1, 0.15) is 28.4 Å². The fourth-order valence-electron chi connectivity index (χ4n) is 2.77. The minimum absolute atomic E-state index is 0.00472. The minimum Gasteiger partial charge on any atom is -0.490 e. The summed E-state index contributed by atoms with van der Waals surface area (Å²) in [7, 11) is 0. The molecule has 1 amide bonds. The first kappa shape index (κ1) is 23.9. The molecule has 0 aliphatic carbocycles. The van der Waals surface area contributed by atoms with Crippen LogP contribution in [0.3, 0.4) is 0 Å². The summed E-state index contributed by atoms with van der Waals surface area (Å²) in [6, 6.07) is 14.6. The summed E-state index contributed by atoms with van der Waals surface area (Å²) < 4.78 is 25.1. The van der Waals surface area contributed by atoms with E-state index in [2.05, 4.69) is 26.5 Å². The van der Waals surface area contributed by atoms with Crippen LogP contribution in [-0.4, -0.2) is 23.7 Å². The van der Waals surface area contributed by atoms with Gasteiger partial charge in [0.05, 0.1) is 22.2 Å². The quantitative estimate of drug-likeness (QED) is 0.238. The summed E-state index contributed by atoms with van der Waals surface area (Å²) in [5.41, 5.74) is 4.05. The van der Waals surface area contributed by atoms with Crippen molar-refractivity contribution in [1.82, 2.24) is 5.43 Å². The Labute approximate surface area is 197 Å². The van der Waals surface area contributed by atoms with Crippen LogP contribution in [0.2, 0.25) is 0 Å². The van der Waals surface area contributed by atoms with Gasteiger partial charge in [-0.2, -0.15) is 5.10 Å². The van der Waals surface area contributed by atoms with Gasteiger partial charge in [-0.05, 0) is 82.5 Å². The average molecular weight is 516 g/mol. The van der Waals surface area contributed by atoms with Crippen LogP contribution in [0.5, 0.6) is 11.5 Å². The average Bonchev–Trinajstić information content (AvgIpc) is 2.79. The van der Waals surface area contributed by atoms with E-state index >= 15 is 0 Å². The number of nitrogens with zero attached hydrogens (tertiary/aromatic N) is 2. The molecule has 170 valence electrons. The Balaban J connectivity index is 1.70. The molecule has 3 aromatic rings. The second kappa shape index (κ2) is 11.2. The van der Waals surface area contributed by atoms with Gasteiger partial charge in [-0.1, -0.05) is 0 Å². The number of hydrazone groups is 1. The van der Waals surface area contributed by atoms with Gasteiger partial charge in [0.25, 0.3) is 11.6 Å². The van der Waals surface area contributed by atoms with Crippen molar-refractivity contribution >= 4 is 33.7 Å². The van der Waals surface area contributed by atoms with Crippen molar-refractivity contribution in [2.24, 2.45) is 5.10 Å². The second-order valence-electron chi connectivity index (χ2n) is 6.68. The number of nitrogens with one attached hydrogen (secondary N) is 1. The zero-order valence-electron chi connectivity index (χ0n) is 17.5. The van der Waals surface area contributed by atoms with Crippen LogP contribution in [0.25, 0.3) is 0 Å². The van der Waals surface area contributed by atoms with E-state index in [1.54, 1.807) is 24.3 Å². The van der Waals surface area contributed by atoms with Crippen molar-refractivity contribution in [1.29, 1.82) is 0 Å². The molecule has 0 heterocycles. The monoisotopic (exact) mass is 515 g/mol. The molecule has 33 heavy (non-hydrogen) atoms. The van der Waals surface area contributed by atoms with E-state index in [9.17, 15) is 19.3 Å². The molecule has 3 aromatic carbocycles. The highest BCUT2D eigenvalue weighted by Crippen LogP contribution is 2.37. The number of rotatable bonds is 9. The van der Waals surface area contributed by atoms with E-state index in [0.717, 1.165) is 5.56 Å². The maximum absolute atomic E-state index is 13.0. The lowest BCUT2D eigenvalue weighted by Gasteiger charge is -2.14. The van der Waals surface area contributed by atoms with Crippen LogP contribution < -0.4 is 14.9 Å². The molecule has 0 fully saturated rings. The van der Waals surface area contributed by atoms with Gasteiger partial charge >= 0.3 is 0 Å². The maximum atomic E-state index is 13.0. The predicted octanol–water partition coefficient (Wildman–Crippen LogP) is 5.24. The first-order valence-corrected chi connectivity index (χ1v) is 10.6. The van der Waals surface area contributed by atoms with Crippen molar-refractivity contribution in [2.75, 3.05) is 6.61 Å². The SMILES string of the molecule is CCOc1cc(/C=N\NC(=O)c2ccc(F)cc2)cc(Br)c1OCc1ccc([N+](=O)[O-])cc1. The summed E-state index contributed by atoms with van der Waals surface area (Å²) in [4.78, 5) is 22.4. The van der Waals surface area contributed by atoms with Crippen molar-refractivity contribution in [3.8, 4) is 11.5 Å².